The molecule has 0 aliphatic carbocycles. The van der Waals surface area contributed by atoms with E-state index in [0.29, 0.717) is 34.6 Å². The van der Waals surface area contributed by atoms with Crippen LogP contribution < -0.4 is 5.32 Å². The van der Waals surface area contributed by atoms with Crippen molar-refractivity contribution in [1.82, 2.24) is 19.5 Å². The molecule has 0 amide bonds. The van der Waals surface area contributed by atoms with E-state index >= 15 is 0 Å². The van der Waals surface area contributed by atoms with Gasteiger partial charge in [0.25, 0.3) is 0 Å². The predicted molar refractivity (Wildman–Crippen MR) is 102 cm³/mol. The molecule has 2 fully saturated rings. The van der Waals surface area contributed by atoms with Crippen molar-refractivity contribution < 1.29 is 19.7 Å². The average Bonchev–Trinajstić information content (AvgIpc) is 3.36. The molecule has 0 aromatic carbocycles. The number of fused-ring (bicyclic) bond motifs is 1. The van der Waals surface area contributed by atoms with Gasteiger partial charge < -0.3 is 25.0 Å². The Morgan fingerprint density at radius 3 is 2.89 bits per heavy atom. The Balaban J connectivity index is 1.56. The molecule has 5 atom stereocenters. The van der Waals surface area contributed by atoms with Gasteiger partial charge in [-0.2, -0.15) is 11.8 Å². The molecule has 10 heteroatoms. The smallest absolute Gasteiger partial charge is 0.167 e. The fraction of sp³-hybridized carbons (Fsp3) is 0.706. The van der Waals surface area contributed by atoms with Crippen LogP contribution in [0.5, 0.6) is 0 Å². The van der Waals surface area contributed by atoms with Crippen LogP contribution in [0, 0.1) is 0 Å². The third kappa shape index (κ3) is 3.77. The highest BCUT2D eigenvalue weighted by atomic mass is 32.2. The van der Waals surface area contributed by atoms with Gasteiger partial charge in [-0.3, -0.25) is 4.57 Å². The second kappa shape index (κ2) is 7.88. The molecule has 0 saturated carbocycles. The molecule has 0 spiro atoms. The Morgan fingerprint density at radius 1 is 1.30 bits per heavy atom. The Morgan fingerprint density at radius 2 is 2.15 bits per heavy atom. The molecule has 27 heavy (non-hydrogen) atoms. The van der Waals surface area contributed by atoms with E-state index in [4.69, 9.17) is 9.47 Å². The van der Waals surface area contributed by atoms with E-state index in [0.717, 1.165) is 13.0 Å². The highest BCUT2D eigenvalue weighted by Gasteiger charge is 2.44. The molecule has 4 heterocycles. The highest BCUT2D eigenvalue weighted by Crippen LogP contribution is 2.34. The van der Waals surface area contributed by atoms with Crippen LogP contribution in [0.2, 0.25) is 0 Å². The lowest BCUT2D eigenvalue weighted by atomic mass is 10.1. The van der Waals surface area contributed by atoms with E-state index < -0.39 is 24.5 Å². The summed E-state index contributed by atoms with van der Waals surface area (Å²) in [5.74, 6) is 1.25. The van der Waals surface area contributed by atoms with Crippen molar-refractivity contribution in [1.29, 1.82) is 0 Å². The minimum atomic E-state index is -1.05. The van der Waals surface area contributed by atoms with Gasteiger partial charge in [-0.05, 0) is 11.7 Å². The molecular formula is C17H25N5O4S. The summed E-state index contributed by atoms with van der Waals surface area (Å²) < 4.78 is 13.0. The van der Waals surface area contributed by atoms with Gasteiger partial charge in [0.1, 0.15) is 18.5 Å². The number of nitrogens with zero attached hydrogens (tertiary/aromatic N) is 4. The molecule has 2 aliphatic rings. The zero-order chi connectivity index (χ0) is 19.0. The summed E-state index contributed by atoms with van der Waals surface area (Å²) >= 11 is 1.69. The fourth-order valence-corrected chi connectivity index (χ4v) is 4.22. The summed E-state index contributed by atoms with van der Waals surface area (Å²) in [5, 5.41) is 24.7. The van der Waals surface area contributed by atoms with E-state index in [1.165, 1.54) is 6.33 Å². The third-order valence-electron chi connectivity index (χ3n) is 4.83. The van der Waals surface area contributed by atoms with Gasteiger partial charge in [0.15, 0.2) is 23.2 Å². The van der Waals surface area contributed by atoms with Gasteiger partial charge in [-0.1, -0.05) is 13.8 Å². The lowest BCUT2D eigenvalue weighted by molar-refractivity contribution is -0.0289. The average molecular weight is 395 g/mol. The molecule has 148 valence electrons. The Hall–Kier alpha value is -1.46. The maximum Gasteiger partial charge on any atom is 0.167 e. The number of aliphatic hydroxyl groups is 2. The molecule has 2 saturated heterocycles. The largest absolute Gasteiger partial charge is 0.387 e. The van der Waals surface area contributed by atoms with Crippen molar-refractivity contribution in [2.75, 3.05) is 24.3 Å². The number of aromatic nitrogens is 4. The first kappa shape index (κ1) is 18.9. The molecule has 3 N–H and O–H groups in total. The first-order chi connectivity index (χ1) is 13.0. The number of hydrogen-bond donors (Lipinski definition) is 3. The molecule has 2 aromatic rings. The van der Waals surface area contributed by atoms with Crippen molar-refractivity contribution in [3.8, 4) is 0 Å². The second-order valence-electron chi connectivity index (χ2n) is 7.18. The summed E-state index contributed by atoms with van der Waals surface area (Å²) in [6, 6.07) is 0.195. The highest BCUT2D eigenvalue weighted by molar-refractivity contribution is 7.99. The minimum Gasteiger partial charge on any atom is -0.387 e. The first-order valence-electron chi connectivity index (χ1n) is 9.19. The lowest BCUT2D eigenvalue weighted by Crippen LogP contribution is -2.32. The number of hydrogen-bond acceptors (Lipinski definition) is 9. The maximum absolute atomic E-state index is 10.5. The van der Waals surface area contributed by atoms with Crippen LogP contribution in [0.25, 0.3) is 11.2 Å². The van der Waals surface area contributed by atoms with Crippen molar-refractivity contribution in [3.05, 3.63) is 12.7 Å². The van der Waals surface area contributed by atoms with Crippen molar-refractivity contribution in [2.45, 2.75) is 56.1 Å². The van der Waals surface area contributed by atoms with Gasteiger partial charge in [0.2, 0.25) is 0 Å². The molecule has 2 aromatic heterocycles. The van der Waals surface area contributed by atoms with Crippen LogP contribution >= 0.6 is 11.8 Å². The molecule has 0 bridgehead atoms. The van der Waals surface area contributed by atoms with Crippen LogP contribution in [0.3, 0.4) is 0 Å². The maximum atomic E-state index is 10.5. The normalized spacial score (nSPS) is 31.2. The van der Waals surface area contributed by atoms with E-state index in [9.17, 15) is 10.2 Å². The summed E-state index contributed by atoms with van der Waals surface area (Å²) in [7, 11) is 0. The second-order valence-corrected chi connectivity index (χ2v) is 8.79. The van der Waals surface area contributed by atoms with Crippen LogP contribution in [0.15, 0.2) is 12.7 Å². The van der Waals surface area contributed by atoms with Crippen molar-refractivity contribution >= 4 is 28.7 Å². The summed E-state index contributed by atoms with van der Waals surface area (Å²) in [4.78, 5) is 13.0. The standard InChI is InChI=1S/C17H25N5O4S/c1-9(2)27-6-11-13(23)14(24)17(26-11)22-8-20-12-15(18-7-19-16(12)22)21-10-3-4-25-5-10/h7-11,13-14,17,23-24H,3-6H2,1-2H3,(H,18,19,21). The number of nitrogens with one attached hydrogen (secondary N) is 1. The van der Waals surface area contributed by atoms with Gasteiger partial charge in [-0.25, -0.2) is 15.0 Å². The molecule has 0 radical (unpaired) electrons. The minimum absolute atomic E-state index is 0.195. The van der Waals surface area contributed by atoms with E-state index in [1.54, 1.807) is 22.7 Å². The topological polar surface area (TPSA) is 115 Å². The van der Waals surface area contributed by atoms with Crippen LogP contribution in [0.1, 0.15) is 26.5 Å². The van der Waals surface area contributed by atoms with Gasteiger partial charge in [-0.15, -0.1) is 0 Å². The third-order valence-corrected chi connectivity index (χ3v) is 6.02. The molecule has 4 rings (SSSR count). The molecule has 5 unspecified atom stereocenters. The molecule has 2 aliphatic heterocycles. The van der Waals surface area contributed by atoms with Crippen LogP contribution in [0.4, 0.5) is 5.82 Å². The number of imidazole rings is 1. The van der Waals surface area contributed by atoms with E-state index in [-0.39, 0.29) is 6.04 Å². The van der Waals surface area contributed by atoms with Gasteiger partial charge in [0, 0.05) is 12.4 Å². The summed E-state index contributed by atoms with van der Waals surface area (Å²) in [5.41, 5.74) is 1.16. The Kier molecular flexibility index (Phi) is 5.51. The van der Waals surface area contributed by atoms with Crippen LogP contribution in [-0.4, -0.2) is 78.3 Å². The number of ether oxygens (including phenoxy) is 2. The zero-order valence-corrected chi connectivity index (χ0v) is 16.2. The summed E-state index contributed by atoms with van der Waals surface area (Å²) in [6.07, 6.45) is 0.781. The summed E-state index contributed by atoms with van der Waals surface area (Å²) in [6.45, 7) is 5.54. The lowest BCUT2D eigenvalue weighted by Gasteiger charge is -2.17. The fourth-order valence-electron chi connectivity index (χ4n) is 3.37. The monoisotopic (exact) mass is 395 g/mol. The SMILES string of the molecule is CC(C)SCC1OC(n2cnc3c(NC4CCOC4)ncnc32)C(O)C1O. The Labute approximate surface area is 161 Å². The quantitative estimate of drug-likeness (QED) is 0.653. The van der Waals surface area contributed by atoms with Crippen molar-refractivity contribution in [3.63, 3.8) is 0 Å². The first-order valence-corrected chi connectivity index (χ1v) is 10.2. The zero-order valence-electron chi connectivity index (χ0n) is 15.4. The number of rotatable bonds is 6. The van der Waals surface area contributed by atoms with E-state index in [1.807, 2.05) is 0 Å². The Bertz CT molecular complexity index is 782. The number of thioether (sulfide) groups is 1. The predicted octanol–water partition coefficient (Wildman–Crippen LogP) is 0.788. The van der Waals surface area contributed by atoms with Crippen molar-refractivity contribution in [2.24, 2.45) is 0 Å². The molecule has 9 nitrogen and oxygen atoms in total. The van der Waals surface area contributed by atoms with Gasteiger partial charge in [0.05, 0.1) is 25.1 Å². The number of anilines is 1. The van der Waals surface area contributed by atoms with Gasteiger partial charge >= 0.3 is 0 Å². The van der Waals surface area contributed by atoms with E-state index in [2.05, 4.69) is 34.1 Å². The number of aliphatic hydroxyl groups excluding tert-OH is 2. The van der Waals surface area contributed by atoms with Crippen LogP contribution in [-0.2, 0) is 9.47 Å². The molecular weight excluding hydrogens is 370 g/mol.